The number of nitrogens with zero attached hydrogens (tertiary/aromatic N) is 4. The van der Waals surface area contributed by atoms with Crippen molar-refractivity contribution < 1.29 is 9.18 Å². The van der Waals surface area contributed by atoms with Crippen molar-refractivity contribution >= 4 is 33.7 Å². The number of carbonyl (C=O) groups excluding carboxylic acids is 1. The van der Waals surface area contributed by atoms with E-state index in [0.29, 0.717) is 22.7 Å². The zero-order valence-electron chi connectivity index (χ0n) is 21.6. The number of H-pyrrole nitrogens is 2. The largest absolute Gasteiger partial charge is 0.338 e. The first-order chi connectivity index (χ1) is 19.6. The number of benzene rings is 1. The highest BCUT2D eigenvalue weighted by Gasteiger charge is 2.21. The topological polar surface area (TPSA) is 112 Å². The van der Waals surface area contributed by atoms with Crippen molar-refractivity contribution in [2.45, 2.75) is 32.1 Å². The Balaban J connectivity index is 1.23. The predicted octanol–water partition coefficient (Wildman–Crippen LogP) is 6.89. The number of hydrogen-bond acceptors (Lipinski definition) is 5. The Kier molecular flexibility index (Phi) is 6.03. The summed E-state index contributed by atoms with van der Waals surface area (Å²) in [4.78, 5) is 29.6. The first kappa shape index (κ1) is 24.1. The predicted molar refractivity (Wildman–Crippen MR) is 153 cm³/mol. The molecular weight excluding hydrogens is 505 g/mol. The molecule has 3 N–H and O–H groups in total. The summed E-state index contributed by atoms with van der Waals surface area (Å²) in [6, 6.07) is 14.3. The molecular formula is C31H26FN7O. The maximum Gasteiger partial charge on any atom is 0.227 e. The van der Waals surface area contributed by atoms with Gasteiger partial charge in [0.2, 0.25) is 5.91 Å². The van der Waals surface area contributed by atoms with Gasteiger partial charge in [-0.05, 0) is 60.4 Å². The SMILES string of the molecule is O=C(Nc1cncc(-c2cnc3[nH]nc(-c4cc5c(-c6cccc(F)c6)ccnc5[nH]4)c3c2)c1)C1CCCCC1. The van der Waals surface area contributed by atoms with Gasteiger partial charge in [0.1, 0.15) is 17.2 Å². The van der Waals surface area contributed by atoms with E-state index in [1.54, 1.807) is 30.9 Å². The van der Waals surface area contributed by atoms with Gasteiger partial charge in [0.15, 0.2) is 5.65 Å². The number of amides is 1. The van der Waals surface area contributed by atoms with Crippen LogP contribution < -0.4 is 5.32 Å². The molecule has 7 rings (SSSR count). The summed E-state index contributed by atoms with van der Waals surface area (Å²) in [5.41, 5.74) is 6.81. The molecule has 40 heavy (non-hydrogen) atoms. The fourth-order valence-electron chi connectivity index (χ4n) is 5.60. The number of fused-ring (bicyclic) bond motifs is 2. The fourth-order valence-corrected chi connectivity index (χ4v) is 5.60. The second kappa shape index (κ2) is 10.00. The Morgan fingerprint density at radius 1 is 0.875 bits per heavy atom. The molecule has 0 aliphatic heterocycles. The van der Waals surface area contributed by atoms with Crippen molar-refractivity contribution in [2.24, 2.45) is 5.92 Å². The summed E-state index contributed by atoms with van der Waals surface area (Å²) in [6.45, 7) is 0. The van der Waals surface area contributed by atoms with Crippen LogP contribution in [0.15, 0.2) is 73.3 Å². The van der Waals surface area contributed by atoms with Gasteiger partial charge >= 0.3 is 0 Å². The van der Waals surface area contributed by atoms with E-state index in [2.05, 4.69) is 35.5 Å². The van der Waals surface area contributed by atoms with Crippen LogP contribution in [0.2, 0.25) is 0 Å². The molecule has 0 bridgehead atoms. The van der Waals surface area contributed by atoms with Crippen LogP contribution in [0.3, 0.4) is 0 Å². The average molecular weight is 532 g/mol. The average Bonchev–Trinajstić information content (AvgIpc) is 3.61. The molecule has 6 aromatic rings. The molecule has 5 aromatic heterocycles. The number of aromatic nitrogens is 6. The summed E-state index contributed by atoms with van der Waals surface area (Å²) >= 11 is 0. The first-order valence-electron chi connectivity index (χ1n) is 13.5. The van der Waals surface area contributed by atoms with E-state index < -0.39 is 0 Å². The number of rotatable bonds is 5. The molecule has 1 aliphatic carbocycles. The van der Waals surface area contributed by atoms with Crippen LogP contribution in [0.4, 0.5) is 10.1 Å². The highest BCUT2D eigenvalue weighted by Crippen LogP contribution is 2.34. The number of pyridine rings is 3. The second-order valence-electron chi connectivity index (χ2n) is 10.3. The Morgan fingerprint density at radius 3 is 2.62 bits per heavy atom. The van der Waals surface area contributed by atoms with E-state index >= 15 is 0 Å². The highest BCUT2D eigenvalue weighted by molar-refractivity contribution is 6.00. The van der Waals surface area contributed by atoms with E-state index in [1.807, 2.05) is 30.3 Å². The summed E-state index contributed by atoms with van der Waals surface area (Å²) in [5, 5.41) is 12.3. The minimum atomic E-state index is -0.290. The molecule has 0 unspecified atom stereocenters. The van der Waals surface area contributed by atoms with E-state index in [9.17, 15) is 9.18 Å². The van der Waals surface area contributed by atoms with Gasteiger partial charge in [0.05, 0.1) is 17.6 Å². The number of aromatic amines is 2. The third kappa shape index (κ3) is 4.49. The number of halogens is 1. The van der Waals surface area contributed by atoms with Gasteiger partial charge in [-0.2, -0.15) is 5.10 Å². The number of nitrogens with one attached hydrogen (secondary N) is 3. The van der Waals surface area contributed by atoms with Crippen molar-refractivity contribution in [1.29, 1.82) is 0 Å². The molecule has 0 atom stereocenters. The van der Waals surface area contributed by atoms with Gasteiger partial charge in [-0.3, -0.25) is 14.9 Å². The number of carbonyl (C=O) groups is 1. The lowest BCUT2D eigenvalue weighted by molar-refractivity contribution is -0.120. The van der Waals surface area contributed by atoms with E-state index in [4.69, 9.17) is 0 Å². The Morgan fingerprint density at radius 2 is 1.75 bits per heavy atom. The standard InChI is InChI=1S/C31H26FN7O/c32-22-8-4-7-19(11-22)24-9-10-34-29-25(24)14-27(37-29)28-26-13-21(16-35-30(26)39-38-28)20-12-23(17-33-15-20)36-31(40)18-5-2-1-3-6-18/h4,7-18H,1-3,5-6H2,(H,34,37)(H,36,40)(H,35,38,39). The third-order valence-corrected chi connectivity index (χ3v) is 7.65. The smallest absolute Gasteiger partial charge is 0.227 e. The van der Waals surface area contributed by atoms with Crippen LogP contribution in [0, 0.1) is 11.7 Å². The molecule has 1 amide bonds. The minimum Gasteiger partial charge on any atom is -0.338 e. The van der Waals surface area contributed by atoms with Crippen LogP contribution in [-0.2, 0) is 4.79 Å². The lowest BCUT2D eigenvalue weighted by Gasteiger charge is -2.20. The van der Waals surface area contributed by atoms with Crippen LogP contribution in [0.1, 0.15) is 32.1 Å². The van der Waals surface area contributed by atoms with Crippen molar-refractivity contribution in [2.75, 3.05) is 5.32 Å². The van der Waals surface area contributed by atoms with Gasteiger partial charge in [0, 0.05) is 46.4 Å². The fraction of sp³-hybridized carbons (Fsp3) is 0.194. The number of hydrogen-bond donors (Lipinski definition) is 3. The van der Waals surface area contributed by atoms with Crippen LogP contribution >= 0.6 is 0 Å². The normalized spacial score (nSPS) is 14.1. The summed E-state index contributed by atoms with van der Waals surface area (Å²) in [6.07, 6.45) is 12.2. The minimum absolute atomic E-state index is 0.0642. The molecule has 1 aromatic carbocycles. The lowest BCUT2D eigenvalue weighted by atomic mass is 9.88. The molecule has 198 valence electrons. The van der Waals surface area contributed by atoms with E-state index in [0.717, 1.165) is 64.4 Å². The Bertz CT molecular complexity index is 1870. The third-order valence-electron chi connectivity index (χ3n) is 7.65. The molecule has 8 nitrogen and oxygen atoms in total. The Hall–Kier alpha value is -4.92. The second-order valence-corrected chi connectivity index (χ2v) is 10.3. The molecule has 0 saturated heterocycles. The van der Waals surface area contributed by atoms with Gasteiger partial charge in [-0.25, -0.2) is 14.4 Å². The van der Waals surface area contributed by atoms with Crippen molar-refractivity contribution in [3.05, 3.63) is 79.1 Å². The van der Waals surface area contributed by atoms with E-state index in [1.165, 1.54) is 18.6 Å². The van der Waals surface area contributed by atoms with Gasteiger partial charge in [-0.15, -0.1) is 0 Å². The molecule has 5 heterocycles. The first-order valence-corrected chi connectivity index (χ1v) is 13.5. The van der Waals surface area contributed by atoms with Gasteiger partial charge < -0.3 is 10.3 Å². The summed E-state index contributed by atoms with van der Waals surface area (Å²) < 4.78 is 13.9. The molecule has 1 aliphatic rings. The van der Waals surface area contributed by atoms with Crippen molar-refractivity contribution in [3.8, 4) is 33.6 Å². The van der Waals surface area contributed by atoms with Crippen LogP contribution in [0.5, 0.6) is 0 Å². The van der Waals surface area contributed by atoms with Crippen LogP contribution in [-0.4, -0.2) is 36.0 Å². The molecule has 9 heteroatoms. The van der Waals surface area contributed by atoms with Crippen molar-refractivity contribution in [3.63, 3.8) is 0 Å². The van der Waals surface area contributed by atoms with Crippen LogP contribution in [0.25, 0.3) is 55.7 Å². The maximum absolute atomic E-state index is 13.9. The molecule has 1 saturated carbocycles. The van der Waals surface area contributed by atoms with Crippen molar-refractivity contribution in [1.82, 2.24) is 30.1 Å². The molecule has 0 spiro atoms. The zero-order chi connectivity index (χ0) is 27.1. The number of anilines is 1. The zero-order valence-corrected chi connectivity index (χ0v) is 21.6. The lowest BCUT2D eigenvalue weighted by Crippen LogP contribution is -2.24. The maximum atomic E-state index is 13.9. The molecule has 1 fully saturated rings. The summed E-state index contributed by atoms with van der Waals surface area (Å²) in [7, 11) is 0. The Labute approximate surface area is 229 Å². The quantitative estimate of drug-likeness (QED) is 0.224. The van der Waals surface area contributed by atoms with Gasteiger partial charge in [0.25, 0.3) is 0 Å². The summed E-state index contributed by atoms with van der Waals surface area (Å²) in [5.74, 6) is -0.159. The van der Waals surface area contributed by atoms with E-state index in [-0.39, 0.29) is 17.6 Å². The van der Waals surface area contributed by atoms with Gasteiger partial charge in [-0.1, -0.05) is 31.4 Å². The monoisotopic (exact) mass is 531 g/mol. The highest BCUT2D eigenvalue weighted by atomic mass is 19.1. The molecule has 0 radical (unpaired) electrons.